The molecule has 0 atom stereocenters. The SMILES string of the molecule is N=C1/C(=C/c2ccc3c(c2)OCO3)C(=O)N=C2SC(CCC3CCCCC3)=NN12. The van der Waals surface area contributed by atoms with E-state index in [0.717, 1.165) is 29.4 Å². The molecule has 1 aromatic carbocycles. The Morgan fingerprint density at radius 1 is 1.21 bits per heavy atom. The summed E-state index contributed by atoms with van der Waals surface area (Å²) in [5.41, 5.74) is 0.986. The number of fused-ring (bicyclic) bond motifs is 2. The van der Waals surface area contributed by atoms with Gasteiger partial charge < -0.3 is 9.47 Å². The number of nitrogens with one attached hydrogen (secondary N) is 1. The highest BCUT2D eigenvalue weighted by Crippen LogP contribution is 2.35. The van der Waals surface area contributed by atoms with E-state index in [0.29, 0.717) is 16.7 Å². The van der Waals surface area contributed by atoms with Gasteiger partial charge in [0.25, 0.3) is 5.91 Å². The average molecular weight is 410 g/mol. The van der Waals surface area contributed by atoms with Gasteiger partial charge >= 0.3 is 0 Å². The summed E-state index contributed by atoms with van der Waals surface area (Å²) in [7, 11) is 0. The minimum Gasteiger partial charge on any atom is -0.454 e. The highest BCUT2D eigenvalue weighted by atomic mass is 32.2. The van der Waals surface area contributed by atoms with Crippen molar-refractivity contribution >= 4 is 39.8 Å². The molecule has 0 spiro atoms. The first-order valence-electron chi connectivity index (χ1n) is 10.1. The first kappa shape index (κ1) is 18.4. The van der Waals surface area contributed by atoms with E-state index in [1.54, 1.807) is 18.2 Å². The molecule has 1 N–H and O–H groups in total. The third kappa shape index (κ3) is 3.69. The molecule has 0 aromatic heterocycles. The van der Waals surface area contributed by atoms with Gasteiger partial charge in [0, 0.05) is 0 Å². The summed E-state index contributed by atoms with van der Waals surface area (Å²) in [4.78, 5) is 16.7. The third-order valence-corrected chi connectivity index (χ3v) is 6.66. The van der Waals surface area contributed by atoms with Crippen molar-refractivity contribution in [2.75, 3.05) is 6.79 Å². The molecule has 1 aliphatic carbocycles. The maximum Gasteiger partial charge on any atom is 0.283 e. The molecule has 0 saturated heterocycles. The number of nitrogens with zero attached hydrogens (tertiary/aromatic N) is 3. The lowest BCUT2D eigenvalue weighted by Crippen LogP contribution is -2.35. The Labute approximate surface area is 173 Å². The maximum absolute atomic E-state index is 12.6. The van der Waals surface area contributed by atoms with Crippen molar-refractivity contribution in [3.63, 3.8) is 0 Å². The number of benzene rings is 1. The van der Waals surface area contributed by atoms with Crippen LogP contribution in [0.25, 0.3) is 6.08 Å². The lowest BCUT2D eigenvalue weighted by atomic mass is 9.86. The van der Waals surface area contributed by atoms with Gasteiger partial charge in [-0.05, 0) is 54.3 Å². The Hall–Kier alpha value is -2.61. The van der Waals surface area contributed by atoms with Crippen molar-refractivity contribution in [2.24, 2.45) is 16.0 Å². The molecule has 0 bridgehead atoms. The molecule has 150 valence electrons. The first-order chi connectivity index (χ1) is 14.2. The molecular weight excluding hydrogens is 388 g/mol. The number of carbonyl (C=O) groups is 1. The van der Waals surface area contributed by atoms with Crippen LogP contribution in [0.15, 0.2) is 33.9 Å². The van der Waals surface area contributed by atoms with Crippen molar-refractivity contribution in [3.05, 3.63) is 29.3 Å². The Morgan fingerprint density at radius 3 is 2.90 bits per heavy atom. The quantitative estimate of drug-likeness (QED) is 0.744. The smallest absolute Gasteiger partial charge is 0.283 e. The van der Waals surface area contributed by atoms with Crippen LogP contribution in [0, 0.1) is 11.3 Å². The van der Waals surface area contributed by atoms with E-state index in [2.05, 4.69) is 10.1 Å². The average Bonchev–Trinajstić information content (AvgIpc) is 3.36. The summed E-state index contributed by atoms with van der Waals surface area (Å²) in [5.74, 6) is 1.75. The van der Waals surface area contributed by atoms with Crippen LogP contribution in [0.3, 0.4) is 0 Å². The maximum atomic E-state index is 12.6. The Morgan fingerprint density at radius 2 is 2.03 bits per heavy atom. The van der Waals surface area contributed by atoms with E-state index in [4.69, 9.17) is 14.9 Å². The van der Waals surface area contributed by atoms with E-state index < -0.39 is 5.91 Å². The van der Waals surface area contributed by atoms with Gasteiger partial charge in [0.1, 0.15) is 5.04 Å². The van der Waals surface area contributed by atoms with Crippen LogP contribution in [-0.4, -0.2) is 33.8 Å². The van der Waals surface area contributed by atoms with Crippen LogP contribution in [0.2, 0.25) is 0 Å². The monoisotopic (exact) mass is 410 g/mol. The Balaban J connectivity index is 1.32. The van der Waals surface area contributed by atoms with Crippen LogP contribution >= 0.6 is 11.8 Å². The van der Waals surface area contributed by atoms with Crippen molar-refractivity contribution in [1.29, 1.82) is 5.41 Å². The van der Waals surface area contributed by atoms with Gasteiger partial charge in [-0.3, -0.25) is 10.2 Å². The molecule has 1 fully saturated rings. The second-order valence-corrected chi connectivity index (χ2v) is 8.71. The zero-order valence-corrected chi connectivity index (χ0v) is 16.8. The topological polar surface area (TPSA) is 87.3 Å². The van der Waals surface area contributed by atoms with Crippen LogP contribution in [-0.2, 0) is 4.79 Å². The molecule has 29 heavy (non-hydrogen) atoms. The molecule has 1 amide bonds. The minimum absolute atomic E-state index is 0.0674. The number of ether oxygens (including phenoxy) is 2. The molecule has 0 radical (unpaired) electrons. The first-order valence-corrected chi connectivity index (χ1v) is 10.9. The standard InChI is InChI=1S/C21H22N4O3S/c22-19-15(10-14-6-8-16-17(11-14)28-12-27-16)20(26)23-21-25(19)24-18(29-21)9-7-13-4-2-1-3-5-13/h6,8,10-11,13,22H,1-5,7,9,12H2/b15-10-,22-19?. The lowest BCUT2D eigenvalue weighted by Gasteiger charge is -2.20. The number of rotatable bonds is 4. The summed E-state index contributed by atoms with van der Waals surface area (Å²) >= 11 is 1.42. The van der Waals surface area contributed by atoms with Crippen molar-refractivity contribution in [2.45, 2.75) is 44.9 Å². The van der Waals surface area contributed by atoms with E-state index in [1.807, 2.05) is 6.07 Å². The number of thioether (sulfide) groups is 1. The normalized spacial score (nSPS) is 22.8. The number of amidine groups is 2. The molecule has 3 aliphatic heterocycles. The summed E-state index contributed by atoms with van der Waals surface area (Å²) < 4.78 is 10.7. The van der Waals surface area contributed by atoms with Gasteiger partial charge in [-0.2, -0.15) is 15.1 Å². The van der Waals surface area contributed by atoms with Gasteiger partial charge in [0.05, 0.1) is 5.57 Å². The number of hydrogen-bond donors (Lipinski definition) is 1. The zero-order valence-electron chi connectivity index (χ0n) is 16.0. The van der Waals surface area contributed by atoms with Gasteiger partial charge in [0.15, 0.2) is 17.3 Å². The second kappa shape index (κ2) is 7.67. The predicted molar refractivity (Wildman–Crippen MR) is 113 cm³/mol. The van der Waals surface area contributed by atoms with Gasteiger partial charge in [-0.15, -0.1) is 0 Å². The fraction of sp³-hybridized carbons (Fsp3) is 0.429. The van der Waals surface area contributed by atoms with Crippen LogP contribution < -0.4 is 9.47 Å². The number of amides is 1. The van der Waals surface area contributed by atoms with E-state index in [-0.39, 0.29) is 18.2 Å². The van der Waals surface area contributed by atoms with Crippen LogP contribution in [0.1, 0.15) is 50.5 Å². The van der Waals surface area contributed by atoms with Crippen molar-refractivity contribution in [1.82, 2.24) is 5.01 Å². The summed E-state index contributed by atoms with van der Waals surface area (Å²) in [5, 5.41) is 16.0. The van der Waals surface area contributed by atoms with Crippen LogP contribution in [0.4, 0.5) is 0 Å². The highest BCUT2D eigenvalue weighted by molar-refractivity contribution is 8.26. The number of hydrazone groups is 1. The van der Waals surface area contributed by atoms with E-state index >= 15 is 0 Å². The molecule has 8 heteroatoms. The van der Waals surface area contributed by atoms with Gasteiger partial charge in [0.2, 0.25) is 12.0 Å². The van der Waals surface area contributed by atoms with E-state index in [9.17, 15) is 4.79 Å². The molecule has 1 aromatic rings. The van der Waals surface area contributed by atoms with Crippen LogP contribution in [0.5, 0.6) is 11.5 Å². The molecule has 3 heterocycles. The minimum atomic E-state index is -0.407. The molecular formula is C21H22N4O3S. The fourth-order valence-corrected chi connectivity index (χ4v) is 5.01. The second-order valence-electron chi connectivity index (χ2n) is 7.67. The molecule has 5 rings (SSSR count). The fourth-order valence-electron chi connectivity index (χ4n) is 4.11. The molecule has 7 nitrogen and oxygen atoms in total. The number of hydrogen-bond acceptors (Lipinski definition) is 6. The molecule has 1 saturated carbocycles. The Kier molecular flexibility index (Phi) is 4.87. The van der Waals surface area contributed by atoms with E-state index in [1.165, 1.54) is 48.9 Å². The predicted octanol–water partition coefficient (Wildman–Crippen LogP) is 4.39. The van der Waals surface area contributed by atoms with Crippen molar-refractivity contribution < 1.29 is 14.3 Å². The summed E-state index contributed by atoms with van der Waals surface area (Å²) in [6.45, 7) is 0.196. The molecule has 0 unspecified atom stereocenters. The third-order valence-electron chi connectivity index (χ3n) is 5.70. The lowest BCUT2D eigenvalue weighted by molar-refractivity contribution is -0.114. The zero-order chi connectivity index (χ0) is 19.8. The molecule has 4 aliphatic rings. The highest BCUT2D eigenvalue weighted by Gasteiger charge is 2.35. The summed E-state index contributed by atoms with van der Waals surface area (Å²) in [6.07, 6.45) is 10.3. The number of carbonyl (C=O) groups excluding carboxylic acids is 1. The van der Waals surface area contributed by atoms with Gasteiger partial charge in [-0.1, -0.05) is 38.2 Å². The number of aliphatic imine (C=N–C) groups is 1. The van der Waals surface area contributed by atoms with Crippen molar-refractivity contribution in [3.8, 4) is 11.5 Å². The van der Waals surface area contributed by atoms with Gasteiger partial charge in [-0.25, -0.2) is 0 Å². The Bertz CT molecular complexity index is 963. The largest absolute Gasteiger partial charge is 0.454 e. The summed E-state index contributed by atoms with van der Waals surface area (Å²) in [6, 6.07) is 5.43.